The number of carbonyl (C=O) groups excluding carboxylic acids is 1. The number of halogens is 2. The molecule has 0 saturated carbocycles. The zero-order chi connectivity index (χ0) is 18.0. The van der Waals surface area contributed by atoms with E-state index in [4.69, 9.17) is 32.7 Å². The summed E-state index contributed by atoms with van der Waals surface area (Å²) in [5.41, 5.74) is 1.64. The number of nitrogens with zero attached hydrogens (tertiary/aromatic N) is 3. The van der Waals surface area contributed by atoms with Gasteiger partial charge in [-0.15, -0.1) is 0 Å². The van der Waals surface area contributed by atoms with Crippen LogP contribution in [0.5, 0.6) is 0 Å². The van der Waals surface area contributed by atoms with Gasteiger partial charge in [-0.05, 0) is 13.0 Å². The SMILES string of the molecule is COCCOC(=O)C1=C(C)Nc2ncnn2[C@@H]1c1cccc(Cl)c1Cl. The first-order valence-electron chi connectivity index (χ1n) is 7.51. The van der Waals surface area contributed by atoms with Crippen molar-refractivity contribution in [3.05, 3.63) is 51.4 Å². The summed E-state index contributed by atoms with van der Waals surface area (Å²) in [4.78, 5) is 16.8. The molecule has 25 heavy (non-hydrogen) atoms. The molecule has 0 amide bonds. The van der Waals surface area contributed by atoms with Crippen LogP contribution >= 0.6 is 23.2 Å². The van der Waals surface area contributed by atoms with Gasteiger partial charge in [0.2, 0.25) is 5.95 Å². The van der Waals surface area contributed by atoms with Crippen molar-refractivity contribution >= 4 is 35.1 Å². The molecule has 1 aromatic carbocycles. The van der Waals surface area contributed by atoms with E-state index < -0.39 is 12.0 Å². The normalized spacial score (nSPS) is 16.4. The molecule has 1 aliphatic rings. The van der Waals surface area contributed by atoms with E-state index >= 15 is 0 Å². The zero-order valence-corrected chi connectivity index (χ0v) is 15.1. The molecule has 0 aliphatic carbocycles. The minimum Gasteiger partial charge on any atom is -0.460 e. The molecule has 2 aromatic rings. The number of esters is 1. The molecule has 0 spiro atoms. The van der Waals surface area contributed by atoms with Gasteiger partial charge in [0.15, 0.2) is 0 Å². The zero-order valence-electron chi connectivity index (χ0n) is 13.6. The Hall–Kier alpha value is -2.09. The molecule has 0 fully saturated rings. The summed E-state index contributed by atoms with van der Waals surface area (Å²) in [6.07, 6.45) is 1.40. The lowest BCUT2D eigenvalue weighted by Crippen LogP contribution is -2.30. The Labute approximate surface area is 154 Å². The summed E-state index contributed by atoms with van der Waals surface area (Å²) >= 11 is 12.6. The number of hydrogen-bond donors (Lipinski definition) is 1. The van der Waals surface area contributed by atoms with Gasteiger partial charge in [-0.25, -0.2) is 9.48 Å². The number of benzene rings is 1. The maximum Gasteiger partial charge on any atom is 0.338 e. The number of aromatic nitrogens is 3. The van der Waals surface area contributed by atoms with E-state index in [1.165, 1.54) is 13.4 Å². The second-order valence-electron chi connectivity index (χ2n) is 5.37. The van der Waals surface area contributed by atoms with Crippen molar-refractivity contribution in [3.8, 4) is 0 Å². The molecule has 1 aromatic heterocycles. The van der Waals surface area contributed by atoms with Gasteiger partial charge in [0.25, 0.3) is 0 Å². The first kappa shape index (κ1) is 17.7. The van der Waals surface area contributed by atoms with E-state index in [1.807, 2.05) is 0 Å². The van der Waals surface area contributed by atoms with Crippen LogP contribution in [0.4, 0.5) is 5.95 Å². The quantitative estimate of drug-likeness (QED) is 0.632. The third-order valence-electron chi connectivity index (χ3n) is 3.81. The molecule has 3 rings (SSSR count). The molecule has 9 heteroatoms. The molecule has 0 unspecified atom stereocenters. The van der Waals surface area contributed by atoms with Crippen LogP contribution in [0.1, 0.15) is 18.5 Å². The number of allylic oxidation sites excluding steroid dienone is 1. The lowest BCUT2D eigenvalue weighted by molar-refractivity contribution is -0.140. The van der Waals surface area contributed by atoms with Crippen LogP contribution < -0.4 is 5.32 Å². The van der Waals surface area contributed by atoms with Crippen LogP contribution in [-0.2, 0) is 14.3 Å². The predicted octanol–water partition coefficient (Wildman–Crippen LogP) is 3.06. The fourth-order valence-corrected chi connectivity index (χ4v) is 3.08. The lowest BCUT2D eigenvalue weighted by Gasteiger charge is -2.28. The highest BCUT2D eigenvalue weighted by Crippen LogP contribution is 2.40. The highest BCUT2D eigenvalue weighted by atomic mass is 35.5. The van der Waals surface area contributed by atoms with Crippen molar-refractivity contribution in [3.63, 3.8) is 0 Å². The largest absolute Gasteiger partial charge is 0.460 e. The fourth-order valence-electron chi connectivity index (χ4n) is 2.67. The van der Waals surface area contributed by atoms with Crippen molar-refractivity contribution in [2.75, 3.05) is 25.6 Å². The van der Waals surface area contributed by atoms with Crippen LogP contribution in [0, 0.1) is 0 Å². The van der Waals surface area contributed by atoms with Gasteiger partial charge < -0.3 is 14.8 Å². The van der Waals surface area contributed by atoms with Crippen LogP contribution in [-0.4, -0.2) is 41.1 Å². The fraction of sp³-hybridized carbons (Fsp3) is 0.312. The Kier molecular flexibility index (Phi) is 5.27. The standard InChI is InChI=1S/C16H16Cl2N4O3/c1-9-12(15(23)25-7-6-24-2)14(22-16(21-9)19-8-20-22)10-4-3-5-11(17)13(10)18/h3-5,8,14H,6-7H2,1-2H3,(H,19,20,21)/t14-/m1/s1. The monoisotopic (exact) mass is 382 g/mol. The summed E-state index contributed by atoms with van der Waals surface area (Å²) < 4.78 is 11.8. The number of fused-ring (bicyclic) bond motifs is 1. The van der Waals surface area contributed by atoms with Crippen molar-refractivity contribution < 1.29 is 14.3 Å². The second kappa shape index (κ2) is 7.43. The third-order valence-corrected chi connectivity index (χ3v) is 4.64. The molecule has 0 radical (unpaired) electrons. The van der Waals surface area contributed by atoms with Gasteiger partial charge in [-0.1, -0.05) is 35.3 Å². The van der Waals surface area contributed by atoms with Gasteiger partial charge in [0.05, 0.1) is 22.2 Å². The Bertz CT molecular complexity index is 835. The molecule has 7 nitrogen and oxygen atoms in total. The molecule has 1 N–H and O–H groups in total. The van der Waals surface area contributed by atoms with Crippen molar-refractivity contribution in [2.45, 2.75) is 13.0 Å². The number of hydrogen-bond acceptors (Lipinski definition) is 6. The molecule has 1 aliphatic heterocycles. The van der Waals surface area contributed by atoms with Crippen LogP contribution in [0.2, 0.25) is 10.0 Å². The average molecular weight is 383 g/mol. The number of rotatable bonds is 5. The number of nitrogens with one attached hydrogen (secondary N) is 1. The van der Waals surface area contributed by atoms with Gasteiger partial charge in [0, 0.05) is 18.4 Å². The van der Waals surface area contributed by atoms with E-state index in [1.54, 1.807) is 29.8 Å². The van der Waals surface area contributed by atoms with Gasteiger partial charge in [-0.3, -0.25) is 0 Å². The topological polar surface area (TPSA) is 78.3 Å². The average Bonchev–Trinajstić information content (AvgIpc) is 3.04. The van der Waals surface area contributed by atoms with E-state index in [-0.39, 0.29) is 6.61 Å². The summed E-state index contributed by atoms with van der Waals surface area (Å²) in [5, 5.41) is 8.03. The lowest BCUT2D eigenvalue weighted by atomic mass is 9.95. The van der Waals surface area contributed by atoms with Crippen LogP contribution in [0.3, 0.4) is 0 Å². The van der Waals surface area contributed by atoms with Gasteiger partial charge in [0.1, 0.15) is 19.0 Å². The number of carbonyl (C=O) groups is 1. The molecule has 0 saturated heterocycles. The Morgan fingerprint density at radius 1 is 1.36 bits per heavy atom. The van der Waals surface area contributed by atoms with Crippen LogP contribution in [0.15, 0.2) is 35.8 Å². The number of ether oxygens (including phenoxy) is 2. The minimum absolute atomic E-state index is 0.145. The Balaban J connectivity index is 2.07. The molecule has 0 bridgehead atoms. The van der Waals surface area contributed by atoms with E-state index in [0.29, 0.717) is 39.4 Å². The smallest absolute Gasteiger partial charge is 0.338 e. The predicted molar refractivity (Wildman–Crippen MR) is 93.8 cm³/mol. The second-order valence-corrected chi connectivity index (χ2v) is 6.15. The van der Waals surface area contributed by atoms with E-state index in [2.05, 4.69) is 15.4 Å². The van der Waals surface area contributed by atoms with E-state index in [9.17, 15) is 4.79 Å². The summed E-state index contributed by atoms with van der Waals surface area (Å²) in [6.45, 7) is 2.23. The number of anilines is 1. The molecule has 2 heterocycles. The highest BCUT2D eigenvalue weighted by Gasteiger charge is 2.35. The first-order valence-corrected chi connectivity index (χ1v) is 8.27. The maximum absolute atomic E-state index is 12.7. The maximum atomic E-state index is 12.7. The minimum atomic E-state index is -0.597. The summed E-state index contributed by atoms with van der Waals surface area (Å²) in [7, 11) is 1.54. The highest BCUT2D eigenvalue weighted by molar-refractivity contribution is 6.42. The van der Waals surface area contributed by atoms with Crippen molar-refractivity contribution in [1.29, 1.82) is 0 Å². The van der Waals surface area contributed by atoms with Crippen molar-refractivity contribution in [2.24, 2.45) is 0 Å². The molecule has 132 valence electrons. The summed E-state index contributed by atoms with van der Waals surface area (Å²) in [6, 6.07) is 4.65. The molecule has 1 atom stereocenters. The Morgan fingerprint density at radius 2 is 2.16 bits per heavy atom. The van der Waals surface area contributed by atoms with Crippen molar-refractivity contribution in [1.82, 2.24) is 14.8 Å². The molecular weight excluding hydrogens is 367 g/mol. The van der Waals surface area contributed by atoms with Gasteiger partial charge >= 0.3 is 5.97 Å². The molecular formula is C16H16Cl2N4O3. The first-order chi connectivity index (χ1) is 12.0. The Morgan fingerprint density at radius 3 is 2.92 bits per heavy atom. The van der Waals surface area contributed by atoms with Gasteiger partial charge in [-0.2, -0.15) is 10.1 Å². The van der Waals surface area contributed by atoms with E-state index in [0.717, 1.165) is 0 Å². The summed E-state index contributed by atoms with van der Waals surface area (Å²) in [5.74, 6) is 0.0243. The number of methoxy groups -OCH3 is 1. The van der Waals surface area contributed by atoms with Crippen LogP contribution in [0.25, 0.3) is 0 Å². The third kappa shape index (κ3) is 3.35.